The Balaban J connectivity index is 1.91. The summed E-state index contributed by atoms with van der Waals surface area (Å²) >= 11 is 0. The van der Waals surface area contributed by atoms with Gasteiger partial charge < -0.3 is 14.8 Å². The van der Waals surface area contributed by atoms with Gasteiger partial charge in [-0.25, -0.2) is 4.79 Å². The molecule has 1 aromatic carbocycles. The Bertz CT molecular complexity index is 615. The van der Waals surface area contributed by atoms with E-state index in [1.807, 2.05) is 30.3 Å². The molecule has 1 aliphatic carbocycles. The third-order valence-electron chi connectivity index (χ3n) is 3.85. The van der Waals surface area contributed by atoms with Gasteiger partial charge in [-0.05, 0) is 23.4 Å². The third kappa shape index (κ3) is 4.62. The van der Waals surface area contributed by atoms with Gasteiger partial charge in [0.1, 0.15) is 6.61 Å². The maximum atomic E-state index is 12.0. The van der Waals surface area contributed by atoms with Crippen LogP contribution in [-0.2, 0) is 20.9 Å². The predicted octanol–water partition coefficient (Wildman–Crippen LogP) is 2.54. The van der Waals surface area contributed by atoms with Crippen LogP contribution in [0.25, 0.3) is 10.4 Å². The molecule has 1 amide bonds. The first-order valence-corrected chi connectivity index (χ1v) is 7.16. The van der Waals surface area contributed by atoms with E-state index >= 15 is 0 Å². The van der Waals surface area contributed by atoms with Crippen LogP contribution in [-0.4, -0.2) is 31.3 Å². The molecule has 2 atom stereocenters. The standard InChI is InChI=1S/C15H18N4O4/c1-22-13(20)8-15(7-12(15)9-17-19-16)18-14(21)23-10-11-5-3-2-4-6-11/h2-6,12H,7-10H2,1H3,(H,18,21)/t12-,15-/m0/s1. The van der Waals surface area contributed by atoms with Crippen LogP contribution in [0.4, 0.5) is 4.79 Å². The van der Waals surface area contributed by atoms with Crippen LogP contribution in [0.5, 0.6) is 0 Å². The van der Waals surface area contributed by atoms with Crippen molar-refractivity contribution in [1.29, 1.82) is 0 Å². The number of nitrogens with zero attached hydrogens (tertiary/aromatic N) is 3. The quantitative estimate of drug-likeness (QED) is 0.360. The lowest BCUT2D eigenvalue weighted by Gasteiger charge is -2.18. The zero-order valence-corrected chi connectivity index (χ0v) is 12.8. The lowest BCUT2D eigenvalue weighted by Crippen LogP contribution is -2.41. The summed E-state index contributed by atoms with van der Waals surface area (Å²) in [5.41, 5.74) is 8.50. The Labute approximate surface area is 133 Å². The molecule has 1 aromatic rings. The average Bonchev–Trinajstić information content (AvgIpc) is 3.23. The second-order valence-corrected chi connectivity index (χ2v) is 5.41. The Kier molecular flexibility index (Phi) is 5.43. The van der Waals surface area contributed by atoms with Crippen LogP contribution < -0.4 is 5.32 Å². The molecule has 2 rings (SSSR count). The van der Waals surface area contributed by atoms with Gasteiger partial charge in [-0.2, -0.15) is 0 Å². The van der Waals surface area contributed by atoms with Crippen LogP contribution >= 0.6 is 0 Å². The molecule has 0 aromatic heterocycles. The van der Waals surface area contributed by atoms with Crippen LogP contribution in [0.1, 0.15) is 18.4 Å². The Morgan fingerprint density at radius 2 is 2.17 bits per heavy atom. The topological polar surface area (TPSA) is 113 Å². The zero-order valence-electron chi connectivity index (χ0n) is 12.8. The van der Waals surface area contributed by atoms with Crippen molar-refractivity contribution >= 4 is 12.1 Å². The van der Waals surface area contributed by atoms with Gasteiger partial charge in [0, 0.05) is 11.5 Å². The number of rotatable bonds is 7. The molecule has 0 unspecified atom stereocenters. The van der Waals surface area contributed by atoms with Crippen LogP contribution in [0.3, 0.4) is 0 Å². The fraction of sp³-hybridized carbons (Fsp3) is 0.467. The maximum Gasteiger partial charge on any atom is 0.407 e. The molecule has 0 bridgehead atoms. The highest BCUT2D eigenvalue weighted by atomic mass is 16.5. The van der Waals surface area contributed by atoms with Gasteiger partial charge in [-0.1, -0.05) is 35.4 Å². The van der Waals surface area contributed by atoms with E-state index in [0.29, 0.717) is 6.42 Å². The number of hydrogen-bond donors (Lipinski definition) is 1. The summed E-state index contributed by atoms with van der Waals surface area (Å²) in [5.74, 6) is -0.529. The van der Waals surface area contributed by atoms with E-state index in [9.17, 15) is 9.59 Å². The molecule has 8 nitrogen and oxygen atoms in total. The fourth-order valence-electron chi connectivity index (χ4n) is 2.46. The summed E-state index contributed by atoms with van der Waals surface area (Å²) in [6.07, 6.45) is -0.0434. The monoisotopic (exact) mass is 318 g/mol. The highest BCUT2D eigenvalue weighted by Gasteiger charge is 2.56. The van der Waals surface area contributed by atoms with Gasteiger partial charge in [0.05, 0.1) is 19.1 Å². The Morgan fingerprint density at radius 3 is 2.83 bits per heavy atom. The molecule has 1 N–H and O–H groups in total. The molecule has 122 valence electrons. The van der Waals surface area contributed by atoms with E-state index in [0.717, 1.165) is 5.56 Å². The average molecular weight is 318 g/mol. The number of benzene rings is 1. The molecule has 0 aliphatic heterocycles. The van der Waals surface area contributed by atoms with Gasteiger partial charge >= 0.3 is 12.1 Å². The van der Waals surface area contributed by atoms with E-state index < -0.39 is 17.6 Å². The zero-order chi connectivity index (χ0) is 16.7. The van der Waals surface area contributed by atoms with Crippen molar-refractivity contribution in [3.05, 3.63) is 46.3 Å². The fourth-order valence-corrected chi connectivity index (χ4v) is 2.46. The first-order chi connectivity index (χ1) is 11.1. The van der Waals surface area contributed by atoms with E-state index in [1.54, 1.807) is 0 Å². The molecule has 0 heterocycles. The minimum Gasteiger partial charge on any atom is -0.469 e. The smallest absolute Gasteiger partial charge is 0.407 e. The summed E-state index contributed by atoms with van der Waals surface area (Å²) in [6, 6.07) is 9.27. The predicted molar refractivity (Wildman–Crippen MR) is 81.2 cm³/mol. The minimum absolute atomic E-state index is 0.0234. The molecule has 0 saturated heterocycles. The van der Waals surface area contributed by atoms with E-state index in [4.69, 9.17) is 10.3 Å². The molecule has 1 saturated carbocycles. The van der Waals surface area contributed by atoms with Crippen LogP contribution in [0, 0.1) is 5.92 Å². The lowest BCUT2D eigenvalue weighted by molar-refractivity contribution is -0.141. The van der Waals surface area contributed by atoms with Gasteiger partial charge in [0.25, 0.3) is 0 Å². The van der Waals surface area contributed by atoms with Gasteiger partial charge in [0.15, 0.2) is 0 Å². The molecular formula is C15H18N4O4. The number of ether oxygens (including phenoxy) is 2. The Hall–Kier alpha value is -2.73. The van der Waals surface area contributed by atoms with Crippen molar-refractivity contribution < 1.29 is 19.1 Å². The number of esters is 1. The first-order valence-electron chi connectivity index (χ1n) is 7.16. The SMILES string of the molecule is COC(=O)C[C@@]1(NC(=O)OCc2ccccc2)C[C@H]1CN=[N+]=[N-]. The summed E-state index contributed by atoms with van der Waals surface area (Å²) < 4.78 is 9.82. The lowest BCUT2D eigenvalue weighted by atomic mass is 10.1. The summed E-state index contributed by atoms with van der Waals surface area (Å²) in [7, 11) is 1.29. The third-order valence-corrected chi connectivity index (χ3v) is 3.85. The van der Waals surface area contributed by atoms with Crippen LogP contribution in [0.15, 0.2) is 35.4 Å². The first kappa shape index (κ1) is 16.6. The number of methoxy groups -OCH3 is 1. The van der Waals surface area contributed by atoms with Crippen molar-refractivity contribution in [2.45, 2.75) is 25.0 Å². The largest absolute Gasteiger partial charge is 0.469 e. The number of azide groups is 1. The minimum atomic E-state index is -0.755. The molecule has 0 radical (unpaired) electrons. The molecule has 0 spiro atoms. The van der Waals surface area contributed by atoms with Crippen molar-refractivity contribution in [1.82, 2.24) is 5.32 Å². The van der Waals surface area contributed by atoms with E-state index in [2.05, 4.69) is 20.1 Å². The Morgan fingerprint density at radius 1 is 1.43 bits per heavy atom. The molecule has 1 aliphatic rings. The van der Waals surface area contributed by atoms with Crippen molar-refractivity contribution in [2.24, 2.45) is 11.0 Å². The molecular weight excluding hydrogens is 300 g/mol. The summed E-state index contributed by atoms with van der Waals surface area (Å²) in [6.45, 7) is 0.356. The van der Waals surface area contributed by atoms with E-state index in [-0.39, 0.29) is 25.5 Å². The van der Waals surface area contributed by atoms with Crippen LogP contribution in [0.2, 0.25) is 0 Å². The van der Waals surface area contributed by atoms with Crippen molar-refractivity contribution in [3.8, 4) is 0 Å². The van der Waals surface area contributed by atoms with Gasteiger partial charge in [-0.3, -0.25) is 4.79 Å². The number of nitrogens with one attached hydrogen (secondary N) is 1. The van der Waals surface area contributed by atoms with E-state index in [1.165, 1.54) is 7.11 Å². The van der Waals surface area contributed by atoms with Crippen molar-refractivity contribution in [3.63, 3.8) is 0 Å². The second kappa shape index (κ2) is 7.51. The normalized spacial score (nSPS) is 21.7. The van der Waals surface area contributed by atoms with Crippen molar-refractivity contribution in [2.75, 3.05) is 13.7 Å². The highest BCUT2D eigenvalue weighted by Crippen LogP contribution is 2.46. The number of amides is 1. The molecule has 23 heavy (non-hydrogen) atoms. The number of carbonyl (C=O) groups excluding carboxylic acids is 2. The molecule has 8 heteroatoms. The number of carbonyl (C=O) groups is 2. The number of hydrogen-bond acceptors (Lipinski definition) is 5. The van der Waals surface area contributed by atoms with Gasteiger partial charge in [-0.15, -0.1) is 0 Å². The summed E-state index contributed by atoms with van der Waals surface area (Å²) in [5, 5.41) is 6.22. The molecule has 1 fully saturated rings. The highest BCUT2D eigenvalue weighted by molar-refractivity contribution is 5.75. The summed E-state index contributed by atoms with van der Waals surface area (Å²) in [4.78, 5) is 26.2. The number of alkyl carbamates (subject to hydrolysis) is 1. The maximum absolute atomic E-state index is 12.0. The second-order valence-electron chi connectivity index (χ2n) is 5.41. The van der Waals surface area contributed by atoms with Gasteiger partial charge in [0.2, 0.25) is 0 Å².